The first-order valence-electron chi connectivity index (χ1n) is 10.4. The average Bonchev–Trinajstić information content (AvgIpc) is 3.22. The molecule has 0 aromatic heterocycles. The Bertz CT molecular complexity index is 1210. The summed E-state index contributed by atoms with van der Waals surface area (Å²) in [5, 5.41) is 5.95. The smallest absolute Gasteiger partial charge is 0.262 e. The molecular formula is C25H22ClN3O4. The molecule has 1 aliphatic rings. The van der Waals surface area contributed by atoms with Gasteiger partial charge in [-0.05, 0) is 60.5 Å². The Hall–Kier alpha value is -3.84. The molecule has 0 atom stereocenters. The fourth-order valence-electron chi connectivity index (χ4n) is 3.67. The summed E-state index contributed by atoms with van der Waals surface area (Å²) in [6, 6.07) is 19.1. The topological polar surface area (TPSA) is 87.7 Å². The van der Waals surface area contributed by atoms with Gasteiger partial charge in [-0.1, -0.05) is 29.8 Å². The molecule has 3 amide bonds. The predicted molar refractivity (Wildman–Crippen MR) is 128 cm³/mol. The van der Waals surface area contributed by atoms with Crippen molar-refractivity contribution < 1.29 is 19.1 Å². The standard InChI is InChI=1S/C25H22ClN3O4/c1-16(30)29-12-11-17-13-20(8-9-22(17)29)27-24(31)15-33-23-10-7-18(26)14-21(23)25(32)28-19-5-3-2-4-6-19/h2-10,13-14H,11-12,15H2,1H3,(H,27,31)(H,28,32). The van der Waals surface area contributed by atoms with Crippen LogP contribution in [0.5, 0.6) is 5.75 Å². The van der Waals surface area contributed by atoms with Crippen LogP contribution in [-0.2, 0) is 16.0 Å². The molecule has 3 aromatic rings. The van der Waals surface area contributed by atoms with E-state index in [0.717, 1.165) is 17.7 Å². The summed E-state index contributed by atoms with van der Waals surface area (Å²) in [6.45, 7) is 1.88. The highest BCUT2D eigenvalue weighted by atomic mass is 35.5. The first kappa shape index (κ1) is 22.4. The molecule has 0 unspecified atom stereocenters. The van der Waals surface area contributed by atoms with Crippen molar-refractivity contribution >= 4 is 46.4 Å². The van der Waals surface area contributed by atoms with Crippen molar-refractivity contribution in [3.8, 4) is 5.75 Å². The molecule has 3 aromatic carbocycles. The lowest BCUT2D eigenvalue weighted by molar-refractivity contribution is -0.118. The Morgan fingerprint density at radius 3 is 2.52 bits per heavy atom. The van der Waals surface area contributed by atoms with Crippen LogP contribution in [0.15, 0.2) is 66.7 Å². The molecule has 0 spiro atoms. The minimum atomic E-state index is -0.396. The van der Waals surface area contributed by atoms with E-state index in [1.54, 1.807) is 35.2 Å². The number of fused-ring (bicyclic) bond motifs is 1. The maximum absolute atomic E-state index is 12.7. The van der Waals surface area contributed by atoms with Crippen molar-refractivity contribution in [2.24, 2.45) is 0 Å². The van der Waals surface area contributed by atoms with Gasteiger partial charge in [-0.15, -0.1) is 0 Å². The molecule has 2 N–H and O–H groups in total. The van der Waals surface area contributed by atoms with Crippen LogP contribution in [0.2, 0.25) is 5.02 Å². The lowest BCUT2D eigenvalue weighted by Gasteiger charge is -2.15. The zero-order valence-electron chi connectivity index (χ0n) is 17.9. The Kier molecular flexibility index (Phi) is 6.60. The van der Waals surface area contributed by atoms with Crippen molar-refractivity contribution in [1.29, 1.82) is 0 Å². The summed E-state index contributed by atoms with van der Waals surface area (Å²) in [5.41, 5.74) is 3.34. The van der Waals surface area contributed by atoms with Crippen LogP contribution < -0.4 is 20.3 Å². The van der Waals surface area contributed by atoms with Gasteiger partial charge >= 0.3 is 0 Å². The number of hydrogen-bond acceptors (Lipinski definition) is 4. The van der Waals surface area contributed by atoms with Gasteiger partial charge in [0.1, 0.15) is 5.75 Å². The van der Waals surface area contributed by atoms with Crippen LogP contribution in [0.4, 0.5) is 17.1 Å². The zero-order valence-corrected chi connectivity index (χ0v) is 18.7. The lowest BCUT2D eigenvalue weighted by atomic mass is 10.1. The molecule has 0 fully saturated rings. The minimum absolute atomic E-state index is 0.00555. The highest BCUT2D eigenvalue weighted by molar-refractivity contribution is 6.31. The van der Waals surface area contributed by atoms with Crippen LogP contribution in [0.3, 0.4) is 0 Å². The van der Waals surface area contributed by atoms with Crippen LogP contribution in [0, 0.1) is 0 Å². The van der Waals surface area contributed by atoms with Gasteiger partial charge < -0.3 is 20.3 Å². The largest absolute Gasteiger partial charge is 0.483 e. The van der Waals surface area contributed by atoms with Crippen molar-refractivity contribution in [2.75, 3.05) is 28.7 Å². The van der Waals surface area contributed by atoms with E-state index >= 15 is 0 Å². The third-order valence-corrected chi connectivity index (χ3v) is 5.45. The number of ether oxygens (including phenoxy) is 1. The molecule has 1 heterocycles. The van der Waals surface area contributed by atoms with E-state index in [0.29, 0.717) is 22.9 Å². The molecule has 0 radical (unpaired) electrons. The number of rotatable bonds is 6. The van der Waals surface area contributed by atoms with E-state index in [9.17, 15) is 14.4 Å². The second kappa shape index (κ2) is 9.75. The quantitative estimate of drug-likeness (QED) is 0.562. The van der Waals surface area contributed by atoms with E-state index in [-0.39, 0.29) is 29.7 Å². The van der Waals surface area contributed by atoms with Gasteiger partial charge in [0, 0.05) is 35.6 Å². The van der Waals surface area contributed by atoms with Crippen molar-refractivity contribution in [1.82, 2.24) is 0 Å². The molecule has 0 aliphatic carbocycles. The Labute approximate surface area is 196 Å². The van der Waals surface area contributed by atoms with Crippen molar-refractivity contribution in [3.63, 3.8) is 0 Å². The Balaban J connectivity index is 1.41. The number of nitrogens with one attached hydrogen (secondary N) is 2. The number of carbonyl (C=O) groups is 3. The Morgan fingerprint density at radius 1 is 0.970 bits per heavy atom. The van der Waals surface area contributed by atoms with Gasteiger partial charge in [0.05, 0.1) is 5.56 Å². The number of carbonyl (C=O) groups excluding carboxylic acids is 3. The number of para-hydroxylation sites is 1. The maximum Gasteiger partial charge on any atom is 0.262 e. The molecule has 1 aliphatic heterocycles. The number of halogens is 1. The second-order valence-electron chi connectivity index (χ2n) is 7.56. The maximum atomic E-state index is 12.7. The molecule has 168 valence electrons. The number of benzene rings is 3. The van der Waals surface area contributed by atoms with Gasteiger partial charge in [-0.3, -0.25) is 14.4 Å². The molecule has 0 saturated carbocycles. The molecule has 7 nitrogen and oxygen atoms in total. The van der Waals surface area contributed by atoms with Gasteiger partial charge in [0.25, 0.3) is 11.8 Å². The van der Waals surface area contributed by atoms with Crippen LogP contribution in [0.25, 0.3) is 0 Å². The normalized spacial score (nSPS) is 12.1. The van der Waals surface area contributed by atoms with Gasteiger partial charge in [-0.2, -0.15) is 0 Å². The monoisotopic (exact) mass is 463 g/mol. The minimum Gasteiger partial charge on any atom is -0.483 e. The summed E-state index contributed by atoms with van der Waals surface area (Å²) in [5.74, 6) is -0.531. The number of amides is 3. The van der Waals surface area contributed by atoms with E-state index in [1.165, 1.54) is 13.0 Å². The second-order valence-corrected chi connectivity index (χ2v) is 8.00. The molecule has 0 bridgehead atoms. The number of nitrogens with zero attached hydrogens (tertiary/aromatic N) is 1. The predicted octanol–water partition coefficient (Wildman–Crippen LogP) is 4.52. The van der Waals surface area contributed by atoms with E-state index in [4.69, 9.17) is 16.3 Å². The fraction of sp³-hybridized carbons (Fsp3) is 0.160. The molecule has 4 rings (SSSR count). The molecular weight excluding hydrogens is 442 g/mol. The zero-order chi connectivity index (χ0) is 23.4. The highest BCUT2D eigenvalue weighted by Gasteiger charge is 2.22. The summed E-state index contributed by atoms with van der Waals surface area (Å²) in [4.78, 5) is 38.6. The first-order chi connectivity index (χ1) is 15.9. The fourth-order valence-corrected chi connectivity index (χ4v) is 3.84. The van der Waals surface area contributed by atoms with Crippen LogP contribution >= 0.6 is 11.6 Å². The molecule has 33 heavy (non-hydrogen) atoms. The summed E-state index contributed by atoms with van der Waals surface area (Å²) < 4.78 is 5.64. The van der Waals surface area contributed by atoms with E-state index in [1.807, 2.05) is 30.3 Å². The van der Waals surface area contributed by atoms with Gasteiger partial charge in [-0.25, -0.2) is 0 Å². The summed E-state index contributed by atoms with van der Waals surface area (Å²) in [6.07, 6.45) is 0.736. The number of hydrogen-bond donors (Lipinski definition) is 2. The lowest BCUT2D eigenvalue weighted by Crippen LogP contribution is -2.25. The summed E-state index contributed by atoms with van der Waals surface area (Å²) in [7, 11) is 0. The molecule has 0 saturated heterocycles. The molecule has 8 heteroatoms. The SMILES string of the molecule is CC(=O)N1CCc2cc(NC(=O)COc3ccc(Cl)cc3C(=O)Nc3ccccc3)ccc21. The third-order valence-electron chi connectivity index (χ3n) is 5.22. The van der Waals surface area contributed by atoms with Crippen LogP contribution in [-0.4, -0.2) is 30.9 Å². The van der Waals surface area contributed by atoms with Crippen LogP contribution in [0.1, 0.15) is 22.8 Å². The van der Waals surface area contributed by atoms with Gasteiger partial charge in [0.15, 0.2) is 6.61 Å². The van der Waals surface area contributed by atoms with Gasteiger partial charge in [0.2, 0.25) is 5.91 Å². The average molecular weight is 464 g/mol. The number of anilines is 3. The highest BCUT2D eigenvalue weighted by Crippen LogP contribution is 2.30. The first-order valence-corrected chi connectivity index (χ1v) is 10.8. The summed E-state index contributed by atoms with van der Waals surface area (Å²) >= 11 is 6.07. The third kappa shape index (κ3) is 5.32. The van der Waals surface area contributed by atoms with E-state index in [2.05, 4.69) is 10.6 Å². The van der Waals surface area contributed by atoms with Crippen molar-refractivity contribution in [3.05, 3.63) is 82.9 Å². The van der Waals surface area contributed by atoms with Crippen molar-refractivity contribution in [2.45, 2.75) is 13.3 Å². The Morgan fingerprint density at radius 2 is 1.76 bits per heavy atom. The van der Waals surface area contributed by atoms with E-state index < -0.39 is 5.91 Å².